The summed E-state index contributed by atoms with van der Waals surface area (Å²) >= 11 is 0. The minimum Gasteiger partial charge on any atom is -0.478 e. The molecule has 0 atom stereocenters. The Bertz CT molecular complexity index is 328. The number of carbonyl (C=O) groups is 2. The van der Waals surface area contributed by atoms with Gasteiger partial charge in [-0.2, -0.15) is 0 Å². The highest BCUT2D eigenvalue weighted by atomic mass is 16.6. The van der Waals surface area contributed by atoms with Crippen LogP contribution in [0.25, 0.3) is 0 Å². The quantitative estimate of drug-likeness (QED) is 0.445. The Hall–Kier alpha value is -1.36. The lowest BCUT2D eigenvalue weighted by atomic mass is 9.90. The first-order chi connectivity index (χ1) is 11.5. The SMILES string of the molecule is C1CCC(C2CCCC2)C1.C=CC(=O)O.CCOCCOC(C)=O. The summed E-state index contributed by atoms with van der Waals surface area (Å²) in [5.41, 5.74) is 0. The smallest absolute Gasteiger partial charge is 0.327 e. The monoisotopic (exact) mass is 342 g/mol. The molecular weight excluding hydrogens is 308 g/mol. The maximum absolute atomic E-state index is 10.1. The van der Waals surface area contributed by atoms with Crippen molar-refractivity contribution in [2.45, 2.75) is 65.2 Å². The summed E-state index contributed by atoms with van der Waals surface area (Å²) in [6.07, 6.45) is 13.2. The Morgan fingerprint density at radius 3 is 1.75 bits per heavy atom. The average molecular weight is 342 g/mol. The van der Waals surface area contributed by atoms with Gasteiger partial charge in [-0.15, -0.1) is 0 Å². The van der Waals surface area contributed by atoms with Gasteiger partial charge in [-0.25, -0.2) is 4.79 Å². The summed E-state index contributed by atoms with van der Waals surface area (Å²) in [7, 11) is 0. The number of carbonyl (C=O) groups excluding carboxylic acids is 1. The van der Waals surface area contributed by atoms with E-state index >= 15 is 0 Å². The maximum atomic E-state index is 10.1. The predicted molar refractivity (Wildman–Crippen MR) is 94.9 cm³/mol. The fraction of sp³-hybridized carbons (Fsp3) is 0.789. The number of carboxylic acid groups (broad SMARTS) is 1. The molecule has 0 aromatic carbocycles. The van der Waals surface area contributed by atoms with Crippen LogP contribution in [0.15, 0.2) is 12.7 Å². The van der Waals surface area contributed by atoms with E-state index in [1.165, 1.54) is 32.6 Å². The Kier molecular flexibility index (Phi) is 14.3. The minimum atomic E-state index is -0.981. The van der Waals surface area contributed by atoms with Crippen LogP contribution in [0, 0.1) is 11.8 Å². The van der Waals surface area contributed by atoms with E-state index < -0.39 is 5.97 Å². The van der Waals surface area contributed by atoms with Crippen LogP contribution in [0.4, 0.5) is 0 Å². The van der Waals surface area contributed by atoms with Gasteiger partial charge in [0.05, 0.1) is 6.61 Å². The molecule has 2 rings (SSSR count). The van der Waals surface area contributed by atoms with Crippen LogP contribution in [0.3, 0.4) is 0 Å². The van der Waals surface area contributed by atoms with E-state index in [1.54, 1.807) is 25.7 Å². The second-order valence-electron chi connectivity index (χ2n) is 6.17. The standard InChI is InChI=1S/C10H18.C6H12O3.C3H4O2/c1-2-6-9(5-1)10-7-3-4-8-10;1-3-8-4-5-9-6(2)7;1-2-3(4)5/h9-10H,1-8H2;3-5H2,1-2H3;2H,1H2,(H,4,5). The Labute approximate surface area is 146 Å². The third-order valence-electron chi connectivity index (χ3n) is 4.38. The van der Waals surface area contributed by atoms with Gasteiger partial charge in [0.2, 0.25) is 0 Å². The van der Waals surface area contributed by atoms with Crippen LogP contribution in [0.2, 0.25) is 0 Å². The molecule has 1 N–H and O–H groups in total. The third kappa shape index (κ3) is 13.1. The van der Waals surface area contributed by atoms with Gasteiger partial charge in [0.15, 0.2) is 0 Å². The van der Waals surface area contributed by atoms with Gasteiger partial charge in [0.1, 0.15) is 6.61 Å². The topological polar surface area (TPSA) is 72.8 Å². The molecule has 0 aliphatic heterocycles. The maximum Gasteiger partial charge on any atom is 0.327 e. The molecule has 24 heavy (non-hydrogen) atoms. The van der Waals surface area contributed by atoms with Crippen molar-refractivity contribution < 1.29 is 24.2 Å². The van der Waals surface area contributed by atoms with Gasteiger partial charge in [0.25, 0.3) is 0 Å². The van der Waals surface area contributed by atoms with E-state index in [-0.39, 0.29) is 5.97 Å². The molecule has 0 bridgehead atoms. The van der Waals surface area contributed by atoms with E-state index in [1.807, 2.05) is 6.92 Å². The highest BCUT2D eigenvalue weighted by molar-refractivity contribution is 5.78. The van der Waals surface area contributed by atoms with Crippen molar-refractivity contribution in [3.05, 3.63) is 12.7 Å². The van der Waals surface area contributed by atoms with E-state index in [4.69, 9.17) is 9.84 Å². The Morgan fingerprint density at radius 2 is 1.46 bits per heavy atom. The summed E-state index contributed by atoms with van der Waals surface area (Å²) < 4.78 is 9.49. The van der Waals surface area contributed by atoms with Crippen LogP contribution in [-0.2, 0) is 19.1 Å². The van der Waals surface area contributed by atoms with E-state index in [2.05, 4.69) is 11.3 Å². The molecule has 2 aliphatic carbocycles. The molecule has 0 aromatic heterocycles. The van der Waals surface area contributed by atoms with Crippen LogP contribution in [0.5, 0.6) is 0 Å². The fourth-order valence-electron chi connectivity index (χ4n) is 3.25. The first-order valence-electron chi connectivity index (χ1n) is 9.07. The molecule has 5 heteroatoms. The molecule has 0 spiro atoms. The first-order valence-corrected chi connectivity index (χ1v) is 9.07. The molecule has 5 nitrogen and oxygen atoms in total. The molecule has 2 fully saturated rings. The van der Waals surface area contributed by atoms with Crippen LogP contribution in [-0.4, -0.2) is 36.9 Å². The molecule has 0 radical (unpaired) electrons. The molecular formula is C19H34O5. The molecule has 0 amide bonds. The molecule has 0 aromatic rings. The normalized spacial score (nSPS) is 17.2. The molecule has 0 heterocycles. The van der Waals surface area contributed by atoms with Crippen molar-refractivity contribution in [3.63, 3.8) is 0 Å². The summed E-state index contributed by atoms with van der Waals surface area (Å²) in [6.45, 7) is 7.77. The van der Waals surface area contributed by atoms with Crippen molar-refractivity contribution in [1.29, 1.82) is 0 Å². The largest absolute Gasteiger partial charge is 0.478 e. The van der Waals surface area contributed by atoms with Crippen molar-refractivity contribution >= 4 is 11.9 Å². The number of hydrogen-bond donors (Lipinski definition) is 1. The van der Waals surface area contributed by atoms with Crippen LogP contribution >= 0.6 is 0 Å². The Morgan fingerprint density at radius 1 is 1.04 bits per heavy atom. The molecule has 2 aliphatic rings. The molecule has 0 unspecified atom stereocenters. The van der Waals surface area contributed by atoms with Gasteiger partial charge < -0.3 is 14.6 Å². The summed E-state index contributed by atoms with van der Waals surface area (Å²) in [5.74, 6) is 1.07. The lowest BCUT2D eigenvalue weighted by molar-refractivity contribution is -0.142. The Balaban J connectivity index is 0.000000352. The van der Waals surface area contributed by atoms with Gasteiger partial charge in [0, 0.05) is 19.6 Å². The van der Waals surface area contributed by atoms with Gasteiger partial charge in [-0.3, -0.25) is 4.79 Å². The number of rotatable bonds is 6. The lowest BCUT2D eigenvalue weighted by Crippen LogP contribution is -2.06. The van der Waals surface area contributed by atoms with Gasteiger partial charge in [-0.1, -0.05) is 57.9 Å². The number of ether oxygens (including phenoxy) is 2. The molecule has 0 saturated heterocycles. The fourth-order valence-corrected chi connectivity index (χ4v) is 3.25. The van der Waals surface area contributed by atoms with Crippen LogP contribution in [0.1, 0.15) is 65.2 Å². The van der Waals surface area contributed by atoms with Crippen molar-refractivity contribution in [2.75, 3.05) is 19.8 Å². The third-order valence-corrected chi connectivity index (χ3v) is 4.38. The summed E-state index contributed by atoms with van der Waals surface area (Å²) in [4.78, 5) is 19.4. The number of aliphatic carboxylic acids is 1. The minimum absolute atomic E-state index is 0.255. The average Bonchev–Trinajstić information content (AvgIpc) is 3.24. The second-order valence-corrected chi connectivity index (χ2v) is 6.17. The number of hydrogen-bond acceptors (Lipinski definition) is 4. The van der Waals surface area contributed by atoms with E-state index in [0.29, 0.717) is 19.8 Å². The summed E-state index contributed by atoms with van der Waals surface area (Å²) in [5, 5.41) is 7.60. The van der Waals surface area contributed by atoms with Crippen LogP contribution < -0.4 is 0 Å². The van der Waals surface area contributed by atoms with Crippen molar-refractivity contribution in [3.8, 4) is 0 Å². The summed E-state index contributed by atoms with van der Waals surface area (Å²) in [6, 6.07) is 0. The molecule has 140 valence electrons. The van der Waals surface area contributed by atoms with Crippen molar-refractivity contribution in [1.82, 2.24) is 0 Å². The number of carboxylic acids is 1. The highest BCUT2D eigenvalue weighted by Gasteiger charge is 2.26. The lowest BCUT2D eigenvalue weighted by Gasteiger charge is -2.16. The molecule has 2 saturated carbocycles. The van der Waals surface area contributed by atoms with Gasteiger partial charge in [-0.05, 0) is 18.8 Å². The van der Waals surface area contributed by atoms with E-state index in [0.717, 1.165) is 17.9 Å². The first kappa shape index (κ1) is 22.6. The predicted octanol–water partition coefficient (Wildman–Crippen LogP) is 4.21. The highest BCUT2D eigenvalue weighted by Crippen LogP contribution is 2.39. The van der Waals surface area contributed by atoms with Crippen molar-refractivity contribution in [2.24, 2.45) is 11.8 Å². The number of esters is 1. The zero-order valence-corrected chi connectivity index (χ0v) is 15.3. The van der Waals surface area contributed by atoms with Gasteiger partial charge >= 0.3 is 11.9 Å². The zero-order chi connectivity index (χ0) is 18.2. The second kappa shape index (κ2) is 15.2. The van der Waals surface area contributed by atoms with E-state index in [9.17, 15) is 9.59 Å². The zero-order valence-electron chi connectivity index (χ0n) is 15.3.